The number of nitrogens with one attached hydrogen (secondary N) is 3. The third-order valence-electron chi connectivity index (χ3n) is 6.95. The number of rotatable bonds is 21. The van der Waals surface area contributed by atoms with Crippen LogP contribution in [0.4, 0.5) is 0 Å². The average molecular weight is 611 g/mol. The molecule has 0 spiro atoms. The zero-order valence-corrected chi connectivity index (χ0v) is 25.1. The number of Topliss-reactive ketones (excluding diaryl/α,β-unsaturated/α-hetero) is 2. The molecule has 1 aliphatic rings. The standard InChI is InChI=1S/C28H42N4O9S/c1-17(33)21(34)15-23-26(28(38)39)19-7-6-18(13-22(19)42-23)14-24(35)32-9-10-40-11-12-41-16-25(36)31-8-4-3-5-20(30-2)27(29)37/h18,20,30H,3-16H2,1-2H3,(H2,29,37)(H,31,36)(H,32,35)(H,38,39)/t18?,20-/m0/s1. The molecule has 1 unspecified atom stereocenters. The summed E-state index contributed by atoms with van der Waals surface area (Å²) in [6.45, 7) is 2.67. The summed E-state index contributed by atoms with van der Waals surface area (Å²) in [5, 5.41) is 18.1. The molecule has 42 heavy (non-hydrogen) atoms. The van der Waals surface area contributed by atoms with Crippen molar-refractivity contribution in [2.24, 2.45) is 11.7 Å². The number of thiophene rings is 1. The van der Waals surface area contributed by atoms with Crippen LogP contribution in [0.3, 0.4) is 0 Å². The maximum Gasteiger partial charge on any atom is 0.337 e. The summed E-state index contributed by atoms with van der Waals surface area (Å²) in [4.78, 5) is 71.7. The Bertz CT molecular complexity index is 1120. The minimum Gasteiger partial charge on any atom is -0.478 e. The molecule has 3 amide bonds. The van der Waals surface area contributed by atoms with Crippen molar-refractivity contribution >= 4 is 46.6 Å². The molecule has 0 radical (unpaired) electrons. The van der Waals surface area contributed by atoms with E-state index in [4.69, 9.17) is 15.2 Å². The van der Waals surface area contributed by atoms with Crippen LogP contribution in [-0.4, -0.2) is 93.0 Å². The molecular formula is C28H42N4O9S. The van der Waals surface area contributed by atoms with E-state index in [-0.39, 0.29) is 62.2 Å². The molecule has 6 N–H and O–H groups in total. The molecule has 13 nitrogen and oxygen atoms in total. The van der Waals surface area contributed by atoms with Gasteiger partial charge in [-0.1, -0.05) is 0 Å². The van der Waals surface area contributed by atoms with Crippen LogP contribution < -0.4 is 21.7 Å². The van der Waals surface area contributed by atoms with E-state index in [1.807, 2.05) is 0 Å². The predicted molar refractivity (Wildman–Crippen MR) is 154 cm³/mol. The number of hydrogen-bond acceptors (Lipinski definition) is 10. The Morgan fingerprint density at radius 2 is 1.74 bits per heavy atom. The molecule has 234 valence electrons. The number of nitrogens with two attached hydrogens (primary N) is 1. The van der Waals surface area contributed by atoms with Gasteiger partial charge in [0.05, 0.1) is 31.4 Å². The van der Waals surface area contributed by atoms with Gasteiger partial charge in [-0.2, -0.15) is 0 Å². The lowest BCUT2D eigenvalue weighted by atomic mass is 9.84. The molecular weight excluding hydrogens is 568 g/mol. The Balaban J connectivity index is 1.56. The highest BCUT2D eigenvalue weighted by Gasteiger charge is 2.30. The van der Waals surface area contributed by atoms with Gasteiger partial charge in [0.1, 0.15) is 6.61 Å². The van der Waals surface area contributed by atoms with E-state index < -0.39 is 23.4 Å². The molecule has 2 atom stereocenters. The van der Waals surface area contributed by atoms with Crippen LogP contribution >= 0.6 is 11.3 Å². The monoisotopic (exact) mass is 610 g/mol. The third-order valence-corrected chi connectivity index (χ3v) is 8.20. The Morgan fingerprint density at radius 1 is 1.02 bits per heavy atom. The highest BCUT2D eigenvalue weighted by atomic mass is 32.1. The normalized spacial score (nSPS) is 15.0. The first-order valence-corrected chi connectivity index (χ1v) is 14.9. The minimum atomic E-state index is -1.10. The van der Waals surface area contributed by atoms with Gasteiger partial charge in [0, 0.05) is 42.6 Å². The number of amides is 3. The van der Waals surface area contributed by atoms with E-state index in [0.29, 0.717) is 55.6 Å². The highest BCUT2D eigenvalue weighted by Crippen LogP contribution is 2.38. The molecule has 1 aromatic heterocycles. The fraction of sp³-hybridized carbons (Fsp3) is 0.643. The van der Waals surface area contributed by atoms with Crippen LogP contribution in [0, 0.1) is 5.92 Å². The second-order valence-electron chi connectivity index (χ2n) is 10.2. The lowest BCUT2D eigenvalue weighted by Crippen LogP contribution is -2.39. The minimum absolute atomic E-state index is 0.0509. The van der Waals surface area contributed by atoms with Gasteiger partial charge in [0.2, 0.25) is 23.5 Å². The van der Waals surface area contributed by atoms with Crippen molar-refractivity contribution in [3.05, 3.63) is 20.9 Å². The number of hydrogen-bond donors (Lipinski definition) is 5. The average Bonchev–Trinajstić information content (AvgIpc) is 3.29. The van der Waals surface area contributed by atoms with Gasteiger partial charge in [-0.25, -0.2) is 4.79 Å². The van der Waals surface area contributed by atoms with Crippen molar-refractivity contribution in [1.29, 1.82) is 0 Å². The fourth-order valence-corrected chi connectivity index (χ4v) is 6.15. The number of ketones is 2. The zero-order valence-electron chi connectivity index (χ0n) is 24.3. The van der Waals surface area contributed by atoms with Crippen molar-refractivity contribution in [3.8, 4) is 0 Å². The Morgan fingerprint density at radius 3 is 2.40 bits per heavy atom. The smallest absolute Gasteiger partial charge is 0.337 e. The molecule has 0 aromatic carbocycles. The summed E-state index contributed by atoms with van der Waals surface area (Å²) in [6, 6.07) is -0.367. The van der Waals surface area contributed by atoms with Crippen molar-refractivity contribution in [2.75, 3.05) is 46.6 Å². The lowest BCUT2D eigenvalue weighted by Gasteiger charge is -2.22. The van der Waals surface area contributed by atoms with Crippen molar-refractivity contribution in [3.63, 3.8) is 0 Å². The maximum absolute atomic E-state index is 12.4. The first-order valence-electron chi connectivity index (χ1n) is 14.1. The molecule has 0 saturated heterocycles. The van der Waals surface area contributed by atoms with Gasteiger partial charge < -0.3 is 36.3 Å². The number of likely N-dealkylation sites (N-methyl/N-ethyl adjacent to an activating group) is 1. The fourth-order valence-electron chi connectivity index (χ4n) is 4.69. The molecule has 14 heteroatoms. The third kappa shape index (κ3) is 12.0. The summed E-state index contributed by atoms with van der Waals surface area (Å²) < 4.78 is 10.7. The molecule has 0 fully saturated rings. The zero-order chi connectivity index (χ0) is 31.1. The SMILES string of the molecule is CN[C@@H](CCCCNC(=O)COCCOCCNC(=O)CC1CCc2c(sc(CC(=O)C(C)=O)c2C(=O)O)C1)C(N)=O. The van der Waals surface area contributed by atoms with Gasteiger partial charge in [-0.05, 0) is 57.1 Å². The van der Waals surface area contributed by atoms with Crippen LogP contribution in [0.25, 0.3) is 0 Å². The number of carboxylic acid groups (broad SMARTS) is 1. The molecule has 0 saturated carbocycles. The Labute approximate surface area is 249 Å². The quantitative estimate of drug-likeness (QED) is 0.0942. The van der Waals surface area contributed by atoms with E-state index in [9.17, 15) is 33.9 Å². The summed E-state index contributed by atoms with van der Waals surface area (Å²) >= 11 is 1.25. The van der Waals surface area contributed by atoms with E-state index in [1.54, 1.807) is 7.05 Å². The highest BCUT2D eigenvalue weighted by molar-refractivity contribution is 7.12. The number of ether oxygens (including phenoxy) is 2. The van der Waals surface area contributed by atoms with Gasteiger partial charge in [-0.15, -0.1) is 11.3 Å². The van der Waals surface area contributed by atoms with Crippen LogP contribution in [0.1, 0.15) is 64.7 Å². The predicted octanol–water partition coefficient (Wildman–Crippen LogP) is 0.151. The van der Waals surface area contributed by atoms with Crippen LogP contribution in [-0.2, 0) is 52.7 Å². The second-order valence-corrected chi connectivity index (χ2v) is 11.4. The number of carbonyl (C=O) groups is 6. The summed E-state index contributed by atoms with van der Waals surface area (Å²) in [7, 11) is 1.68. The summed E-state index contributed by atoms with van der Waals surface area (Å²) in [5.74, 6) is -3.02. The topological polar surface area (TPSA) is 203 Å². The number of fused-ring (bicyclic) bond motifs is 1. The van der Waals surface area contributed by atoms with Gasteiger partial charge in [0.25, 0.3) is 0 Å². The van der Waals surface area contributed by atoms with E-state index in [2.05, 4.69) is 16.0 Å². The molecule has 2 rings (SSSR count). The van der Waals surface area contributed by atoms with E-state index >= 15 is 0 Å². The molecule has 0 aliphatic heterocycles. The number of carboxylic acids is 1. The Kier molecular flexibility index (Phi) is 15.3. The molecule has 1 aliphatic carbocycles. The van der Waals surface area contributed by atoms with Crippen molar-refractivity contribution < 1.29 is 43.3 Å². The van der Waals surface area contributed by atoms with Crippen LogP contribution in [0.5, 0.6) is 0 Å². The lowest BCUT2D eigenvalue weighted by molar-refractivity contribution is -0.134. The van der Waals surface area contributed by atoms with Crippen molar-refractivity contribution in [2.45, 2.75) is 64.3 Å². The van der Waals surface area contributed by atoms with Gasteiger partial charge >= 0.3 is 5.97 Å². The van der Waals surface area contributed by atoms with Crippen LogP contribution in [0.2, 0.25) is 0 Å². The van der Waals surface area contributed by atoms with Gasteiger partial charge in [-0.3, -0.25) is 24.0 Å². The van der Waals surface area contributed by atoms with Crippen LogP contribution in [0.15, 0.2) is 0 Å². The maximum atomic E-state index is 12.4. The van der Waals surface area contributed by atoms with Crippen molar-refractivity contribution in [1.82, 2.24) is 16.0 Å². The molecule has 1 heterocycles. The van der Waals surface area contributed by atoms with E-state index in [1.165, 1.54) is 18.3 Å². The molecule has 0 bridgehead atoms. The first-order chi connectivity index (χ1) is 20.0. The number of carbonyl (C=O) groups excluding carboxylic acids is 5. The van der Waals surface area contributed by atoms with Gasteiger partial charge in [0.15, 0.2) is 5.78 Å². The second kappa shape index (κ2) is 18.4. The summed E-state index contributed by atoms with van der Waals surface area (Å²) in [5.41, 5.74) is 6.10. The van der Waals surface area contributed by atoms with E-state index in [0.717, 1.165) is 17.7 Å². The number of aromatic carboxylic acids is 1. The first kappa shape index (κ1) is 35.0. The number of primary amides is 1. The Hall–Kier alpha value is -3.20. The largest absolute Gasteiger partial charge is 0.478 e. The molecule has 1 aromatic rings. The summed E-state index contributed by atoms with van der Waals surface area (Å²) in [6.07, 6.45) is 3.87. The number of unbranched alkanes of at least 4 members (excludes halogenated alkanes) is 1.